The molecule has 0 spiro atoms. The Hall–Kier alpha value is -2.77. The van der Waals surface area contributed by atoms with Crippen LogP contribution in [0.5, 0.6) is 0 Å². The highest BCUT2D eigenvalue weighted by Gasteiger charge is 2.19. The van der Waals surface area contributed by atoms with Crippen LogP contribution in [0.1, 0.15) is 42.0 Å². The summed E-state index contributed by atoms with van der Waals surface area (Å²) in [6.07, 6.45) is 0.170. The van der Waals surface area contributed by atoms with E-state index in [9.17, 15) is 14.0 Å². The third kappa shape index (κ3) is 4.62. The minimum Gasteiger partial charge on any atom is -0.354 e. The molecule has 2 rings (SSSR count). The lowest BCUT2D eigenvalue weighted by atomic mass is 10.2. The van der Waals surface area contributed by atoms with Crippen molar-refractivity contribution in [1.82, 2.24) is 25.6 Å². The van der Waals surface area contributed by atoms with E-state index >= 15 is 0 Å². The fraction of sp³-hybridized carbons (Fsp3) is 0.412. The van der Waals surface area contributed by atoms with Gasteiger partial charge in [0.05, 0.1) is 5.69 Å². The van der Waals surface area contributed by atoms with E-state index in [-0.39, 0.29) is 36.3 Å². The standard InChI is InChI=1S/C17H22FN5O2/c1-10(2)20-15(24)7-8-19-17(25)16-12(4)23(22-21-16)14-6-5-11(3)9-13(14)18/h5-6,9-10H,7-8H2,1-4H3,(H,19,25)(H,20,24). The van der Waals surface area contributed by atoms with E-state index in [1.54, 1.807) is 26.0 Å². The molecule has 0 aliphatic carbocycles. The van der Waals surface area contributed by atoms with Crippen LogP contribution in [-0.4, -0.2) is 39.4 Å². The number of carbonyl (C=O) groups is 2. The molecule has 8 heteroatoms. The van der Waals surface area contributed by atoms with Crippen LogP contribution in [-0.2, 0) is 4.79 Å². The molecule has 1 aromatic heterocycles. The van der Waals surface area contributed by atoms with Gasteiger partial charge >= 0.3 is 0 Å². The number of nitrogens with zero attached hydrogens (tertiary/aromatic N) is 3. The number of carbonyl (C=O) groups excluding carboxylic acids is 2. The summed E-state index contributed by atoms with van der Waals surface area (Å²) >= 11 is 0. The molecule has 0 saturated carbocycles. The summed E-state index contributed by atoms with van der Waals surface area (Å²) in [6.45, 7) is 7.34. The number of amides is 2. The molecule has 25 heavy (non-hydrogen) atoms. The van der Waals surface area contributed by atoms with Crippen molar-refractivity contribution in [3.63, 3.8) is 0 Å². The van der Waals surface area contributed by atoms with Gasteiger partial charge in [-0.05, 0) is 45.4 Å². The maximum absolute atomic E-state index is 14.1. The van der Waals surface area contributed by atoms with Gasteiger partial charge in [0, 0.05) is 19.0 Å². The predicted octanol–water partition coefficient (Wildman–Crippen LogP) is 1.67. The van der Waals surface area contributed by atoms with E-state index in [1.807, 2.05) is 13.8 Å². The van der Waals surface area contributed by atoms with Crippen LogP contribution in [0.25, 0.3) is 5.69 Å². The number of nitrogens with one attached hydrogen (secondary N) is 2. The summed E-state index contributed by atoms with van der Waals surface area (Å²) < 4.78 is 15.4. The Morgan fingerprint density at radius 2 is 2.00 bits per heavy atom. The molecule has 2 N–H and O–H groups in total. The van der Waals surface area contributed by atoms with Gasteiger partial charge in [-0.15, -0.1) is 5.10 Å². The van der Waals surface area contributed by atoms with Gasteiger partial charge in [0.2, 0.25) is 5.91 Å². The Bertz CT molecular complexity index is 785. The van der Waals surface area contributed by atoms with E-state index in [0.29, 0.717) is 5.69 Å². The molecule has 0 aliphatic heterocycles. The largest absolute Gasteiger partial charge is 0.354 e. The third-order valence-electron chi connectivity index (χ3n) is 3.53. The summed E-state index contributed by atoms with van der Waals surface area (Å²) in [5, 5.41) is 13.1. The van der Waals surface area contributed by atoms with Crippen molar-refractivity contribution in [2.75, 3.05) is 6.54 Å². The first-order valence-electron chi connectivity index (χ1n) is 8.06. The molecule has 2 aromatic rings. The lowest BCUT2D eigenvalue weighted by Crippen LogP contribution is -2.34. The Labute approximate surface area is 145 Å². The van der Waals surface area contributed by atoms with Crippen molar-refractivity contribution in [3.05, 3.63) is 41.0 Å². The Kier molecular flexibility index (Phi) is 5.84. The highest BCUT2D eigenvalue weighted by molar-refractivity contribution is 5.93. The van der Waals surface area contributed by atoms with Gasteiger partial charge in [0.15, 0.2) is 5.69 Å². The molecule has 0 fully saturated rings. The van der Waals surface area contributed by atoms with E-state index in [4.69, 9.17) is 0 Å². The van der Waals surface area contributed by atoms with Gasteiger partial charge in [0.1, 0.15) is 11.5 Å². The van der Waals surface area contributed by atoms with E-state index < -0.39 is 11.7 Å². The molecule has 7 nitrogen and oxygen atoms in total. The summed E-state index contributed by atoms with van der Waals surface area (Å²) in [7, 11) is 0. The molecule has 0 unspecified atom stereocenters. The lowest BCUT2D eigenvalue weighted by Gasteiger charge is -2.08. The van der Waals surface area contributed by atoms with Gasteiger partial charge in [0.25, 0.3) is 5.91 Å². The molecule has 0 radical (unpaired) electrons. The average molecular weight is 347 g/mol. The van der Waals surface area contributed by atoms with Crippen molar-refractivity contribution in [2.24, 2.45) is 0 Å². The fourth-order valence-corrected chi connectivity index (χ4v) is 2.32. The first-order chi connectivity index (χ1) is 11.8. The molecule has 0 aliphatic rings. The Morgan fingerprint density at radius 3 is 2.64 bits per heavy atom. The summed E-state index contributed by atoms with van der Waals surface area (Å²) in [4.78, 5) is 23.8. The van der Waals surface area contributed by atoms with Crippen LogP contribution in [0.4, 0.5) is 4.39 Å². The van der Waals surface area contributed by atoms with Crippen molar-refractivity contribution < 1.29 is 14.0 Å². The van der Waals surface area contributed by atoms with Gasteiger partial charge < -0.3 is 10.6 Å². The Balaban J connectivity index is 2.05. The smallest absolute Gasteiger partial charge is 0.273 e. The van der Waals surface area contributed by atoms with Crippen molar-refractivity contribution in [3.8, 4) is 5.69 Å². The van der Waals surface area contributed by atoms with E-state index in [0.717, 1.165) is 5.56 Å². The number of aromatic nitrogens is 3. The second-order valence-electron chi connectivity index (χ2n) is 6.12. The maximum Gasteiger partial charge on any atom is 0.273 e. The summed E-state index contributed by atoms with van der Waals surface area (Å²) in [5.74, 6) is -1.03. The van der Waals surface area contributed by atoms with Gasteiger partial charge in [-0.25, -0.2) is 9.07 Å². The number of aryl methyl sites for hydroxylation is 1. The lowest BCUT2D eigenvalue weighted by molar-refractivity contribution is -0.121. The number of benzene rings is 1. The molecular weight excluding hydrogens is 325 g/mol. The van der Waals surface area contributed by atoms with Crippen LogP contribution < -0.4 is 10.6 Å². The quantitative estimate of drug-likeness (QED) is 0.832. The third-order valence-corrected chi connectivity index (χ3v) is 3.53. The van der Waals surface area contributed by atoms with E-state index in [1.165, 1.54) is 10.7 Å². The number of hydrogen-bond acceptors (Lipinski definition) is 4. The highest BCUT2D eigenvalue weighted by atomic mass is 19.1. The van der Waals surface area contributed by atoms with Crippen LogP contribution >= 0.6 is 0 Å². The van der Waals surface area contributed by atoms with E-state index in [2.05, 4.69) is 20.9 Å². The molecule has 0 atom stereocenters. The normalized spacial score (nSPS) is 10.8. The summed E-state index contributed by atoms with van der Waals surface area (Å²) in [6, 6.07) is 4.79. The SMILES string of the molecule is Cc1ccc(-n2nnc(C(=O)NCCC(=O)NC(C)C)c2C)c(F)c1. The zero-order valence-electron chi connectivity index (χ0n) is 14.8. The minimum absolute atomic E-state index is 0.0507. The fourth-order valence-electron chi connectivity index (χ4n) is 2.32. The molecular formula is C17H22FN5O2. The Morgan fingerprint density at radius 1 is 1.28 bits per heavy atom. The molecule has 0 bridgehead atoms. The number of hydrogen-bond donors (Lipinski definition) is 2. The minimum atomic E-state index is -0.450. The van der Waals surface area contributed by atoms with Gasteiger partial charge in [-0.1, -0.05) is 11.3 Å². The van der Waals surface area contributed by atoms with Crippen LogP contribution in [0.15, 0.2) is 18.2 Å². The second-order valence-corrected chi connectivity index (χ2v) is 6.12. The average Bonchev–Trinajstić information content (AvgIpc) is 2.88. The molecule has 2 amide bonds. The number of rotatable bonds is 6. The predicted molar refractivity (Wildman–Crippen MR) is 91.0 cm³/mol. The number of halogens is 1. The monoisotopic (exact) mass is 347 g/mol. The molecule has 134 valence electrons. The zero-order valence-corrected chi connectivity index (χ0v) is 14.8. The second kappa shape index (κ2) is 7.87. The topological polar surface area (TPSA) is 88.9 Å². The van der Waals surface area contributed by atoms with Crippen molar-refractivity contribution in [2.45, 2.75) is 40.2 Å². The highest BCUT2D eigenvalue weighted by Crippen LogP contribution is 2.17. The van der Waals surface area contributed by atoms with Gasteiger partial charge in [-0.3, -0.25) is 9.59 Å². The first-order valence-corrected chi connectivity index (χ1v) is 8.06. The van der Waals surface area contributed by atoms with Crippen LogP contribution in [0.2, 0.25) is 0 Å². The van der Waals surface area contributed by atoms with Crippen molar-refractivity contribution in [1.29, 1.82) is 0 Å². The molecule has 1 aromatic carbocycles. The zero-order chi connectivity index (χ0) is 18.6. The van der Waals surface area contributed by atoms with Crippen molar-refractivity contribution >= 4 is 11.8 Å². The van der Waals surface area contributed by atoms with Crippen LogP contribution in [0.3, 0.4) is 0 Å². The first kappa shape index (κ1) is 18.6. The molecule has 0 saturated heterocycles. The van der Waals surface area contributed by atoms with Gasteiger partial charge in [-0.2, -0.15) is 0 Å². The maximum atomic E-state index is 14.1. The van der Waals surface area contributed by atoms with Crippen LogP contribution in [0, 0.1) is 19.7 Å². The summed E-state index contributed by atoms with van der Waals surface area (Å²) in [5.41, 5.74) is 1.54. The molecule has 1 heterocycles.